The molecule has 1 N–H and O–H groups in total. The quantitative estimate of drug-likeness (QED) is 0.769. The maximum absolute atomic E-state index is 4.49. The first-order valence-electron chi connectivity index (χ1n) is 7.32. The first kappa shape index (κ1) is 15.2. The number of hydrogen-bond donors (Lipinski definition) is 1. The van der Waals surface area contributed by atoms with Crippen molar-refractivity contribution in [2.45, 2.75) is 65.8 Å². The third kappa shape index (κ3) is 4.13. The lowest BCUT2D eigenvalue weighted by Crippen LogP contribution is -2.29. The fraction of sp³-hybridized carbons (Fsp3) is 0.800. The van der Waals surface area contributed by atoms with Gasteiger partial charge in [-0.25, -0.2) is 0 Å². The van der Waals surface area contributed by atoms with E-state index >= 15 is 0 Å². The Kier molecular flexibility index (Phi) is 6.41. The summed E-state index contributed by atoms with van der Waals surface area (Å²) in [6.45, 7) is 9.82. The van der Waals surface area contributed by atoms with Crippen molar-refractivity contribution >= 4 is 0 Å². The van der Waals surface area contributed by atoms with Gasteiger partial charge in [0.1, 0.15) is 0 Å². The summed E-state index contributed by atoms with van der Waals surface area (Å²) in [5.74, 6) is 0. The summed E-state index contributed by atoms with van der Waals surface area (Å²) in [4.78, 5) is 0. The number of unbranched alkanes of at least 4 members (excludes halogenated alkanes) is 1. The van der Waals surface area contributed by atoms with Gasteiger partial charge in [-0.1, -0.05) is 26.7 Å². The van der Waals surface area contributed by atoms with Crippen molar-refractivity contribution in [3.63, 3.8) is 0 Å². The Morgan fingerprint density at radius 1 is 1.22 bits per heavy atom. The van der Waals surface area contributed by atoms with Crippen molar-refractivity contribution in [1.29, 1.82) is 0 Å². The van der Waals surface area contributed by atoms with E-state index in [-0.39, 0.29) is 0 Å². The van der Waals surface area contributed by atoms with E-state index in [0.717, 1.165) is 13.0 Å². The van der Waals surface area contributed by atoms with Crippen molar-refractivity contribution < 1.29 is 0 Å². The van der Waals surface area contributed by atoms with Crippen LogP contribution in [0.5, 0.6) is 0 Å². The van der Waals surface area contributed by atoms with Gasteiger partial charge in [-0.3, -0.25) is 4.68 Å². The molecular weight excluding hydrogens is 222 g/mol. The Morgan fingerprint density at radius 3 is 2.44 bits per heavy atom. The zero-order valence-corrected chi connectivity index (χ0v) is 12.7. The van der Waals surface area contributed by atoms with Crippen LogP contribution in [0.2, 0.25) is 0 Å². The number of aryl methyl sites for hydroxylation is 2. The minimum atomic E-state index is 0.661. The van der Waals surface area contributed by atoms with Gasteiger partial charge in [0.05, 0.1) is 5.69 Å². The van der Waals surface area contributed by atoms with E-state index in [1.807, 2.05) is 11.7 Å². The van der Waals surface area contributed by atoms with Crippen LogP contribution in [-0.4, -0.2) is 22.4 Å². The maximum atomic E-state index is 4.49. The number of hydrogen-bond acceptors (Lipinski definition) is 2. The predicted octanol–water partition coefficient (Wildman–Crippen LogP) is 3.14. The second-order valence-corrected chi connectivity index (χ2v) is 5.21. The van der Waals surface area contributed by atoms with Gasteiger partial charge in [0.15, 0.2) is 0 Å². The molecule has 0 radical (unpaired) electrons. The van der Waals surface area contributed by atoms with Crippen LogP contribution in [0.15, 0.2) is 0 Å². The molecule has 0 spiro atoms. The summed E-state index contributed by atoms with van der Waals surface area (Å²) in [5.41, 5.74) is 3.95. The number of aromatic nitrogens is 2. The van der Waals surface area contributed by atoms with Crippen LogP contribution < -0.4 is 5.32 Å². The zero-order chi connectivity index (χ0) is 13.5. The Morgan fingerprint density at radius 2 is 1.94 bits per heavy atom. The van der Waals surface area contributed by atoms with Crippen LogP contribution in [-0.2, 0) is 13.5 Å². The molecule has 1 atom stereocenters. The van der Waals surface area contributed by atoms with Crippen LogP contribution in [0, 0.1) is 13.8 Å². The molecule has 1 rings (SSSR count). The van der Waals surface area contributed by atoms with Gasteiger partial charge in [0.25, 0.3) is 0 Å². The lowest BCUT2D eigenvalue weighted by Gasteiger charge is -2.17. The Bertz CT molecular complexity index is 355. The minimum absolute atomic E-state index is 0.661. The third-order valence-corrected chi connectivity index (χ3v) is 3.80. The van der Waals surface area contributed by atoms with Crippen LogP contribution >= 0.6 is 0 Å². The van der Waals surface area contributed by atoms with Crippen molar-refractivity contribution in [1.82, 2.24) is 15.1 Å². The third-order valence-electron chi connectivity index (χ3n) is 3.80. The fourth-order valence-electron chi connectivity index (χ4n) is 2.59. The highest BCUT2D eigenvalue weighted by atomic mass is 15.3. The molecule has 0 saturated carbocycles. The lowest BCUT2D eigenvalue weighted by molar-refractivity contribution is 0.449. The molecule has 0 aliphatic rings. The summed E-state index contributed by atoms with van der Waals surface area (Å²) >= 11 is 0. The highest BCUT2D eigenvalue weighted by Gasteiger charge is 2.12. The smallest absolute Gasteiger partial charge is 0.0628 e. The van der Waals surface area contributed by atoms with E-state index in [2.05, 4.69) is 38.1 Å². The summed E-state index contributed by atoms with van der Waals surface area (Å²) < 4.78 is 2.00. The molecule has 104 valence electrons. The molecule has 1 heterocycles. The van der Waals surface area contributed by atoms with E-state index < -0.39 is 0 Å². The van der Waals surface area contributed by atoms with Gasteiger partial charge in [-0.2, -0.15) is 5.10 Å². The first-order chi connectivity index (χ1) is 8.60. The van der Waals surface area contributed by atoms with E-state index in [4.69, 9.17) is 0 Å². The van der Waals surface area contributed by atoms with Crippen LogP contribution in [0.4, 0.5) is 0 Å². The summed E-state index contributed by atoms with van der Waals surface area (Å²) in [7, 11) is 2.03. The highest BCUT2D eigenvalue weighted by Crippen LogP contribution is 2.16. The van der Waals surface area contributed by atoms with Gasteiger partial charge in [-0.05, 0) is 45.2 Å². The van der Waals surface area contributed by atoms with Crippen molar-refractivity contribution in [2.24, 2.45) is 7.05 Å². The topological polar surface area (TPSA) is 29.9 Å². The molecule has 3 nitrogen and oxygen atoms in total. The normalized spacial score (nSPS) is 12.9. The molecule has 3 heteroatoms. The van der Waals surface area contributed by atoms with E-state index in [0.29, 0.717) is 6.04 Å². The van der Waals surface area contributed by atoms with Crippen molar-refractivity contribution in [3.8, 4) is 0 Å². The number of nitrogens with zero attached hydrogens (tertiary/aromatic N) is 2. The van der Waals surface area contributed by atoms with Crippen LogP contribution in [0.1, 0.15) is 56.5 Å². The Labute approximate surface area is 112 Å². The maximum Gasteiger partial charge on any atom is 0.0628 e. The molecule has 1 aromatic rings. The van der Waals surface area contributed by atoms with Crippen molar-refractivity contribution in [3.05, 3.63) is 17.0 Å². The van der Waals surface area contributed by atoms with Gasteiger partial charge in [0.2, 0.25) is 0 Å². The SMILES string of the molecule is CCCCC(CCc1c(C)nn(C)c1C)NCC. The van der Waals surface area contributed by atoms with Gasteiger partial charge >= 0.3 is 0 Å². The molecule has 0 aliphatic heterocycles. The standard InChI is InChI=1S/C15H29N3/c1-6-8-9-14(16-7-2)10-11-15-12(3)17-18(5)13(15)4/h14,16H,6-11H2,1-5H3. The lowest BCUT2D eigenvalue weighted by atomic mass is 10.00. The van der Waals surface area contributed by atoms with Crippen LogP contribution in [0.3, 0.4) is 0 Å². The molecular formula is C15H29N3. The van der Waals surface area contributed by atoms with E-state index in [9.17, 15) is 0 Å². The zero-order valence-electron chi connectivity index (χ0n) is 12.7. The molecule has 0 aliphatic carbocycles. The Hall–Kier alpha value is -0.830. The Balaban J connectivity index is 2.55. The fourth-order valence-corrected chi connectivity index (χ4v) is 2.59. The van der Waals surface area contributed by atoms with Gasteiger partial charge in [0, 0.05) is 18.8 Å². The largest absolute Gasteiger partial charge is 0.314 e. The number of rotatable bonds is 8. The van der Waals surface area contributed by atoms with E-state index in [1.54, 1.807) is 0 Å². The summed E-state index contributed by atoms with van der Waals surface area (Å²) in [6, 6.07) is 0.661. The summed E-state index contributed by atoms with van der Waals surface area (Å²) in [5, 5.41) is 8.10. The second kappa shape index (κ2) is 7.57. The average Bonchev–Trinajstić information content (AvgIpc) is 2.58. The van der Waals surface area contributed by atoms with Gasteiger partial charge in [-0.15, -0.1) is 0 Å². The van der Waals surface area contributed by atoms with Crippen LogP contribution in [0.25, 0.3) is 0 Å². The minimum Gasteiger partial charge on any atom is -0.314 e. The van der Waals surface area contributed by atoms with Gasteiger partial charge < -0.3 is 5.32 Å². The predicted molar refractivity (Wildman–Crippen MR) is 78.0 cm³/mol. The van der Waals surface area contributed by atoms with E-state index in [1.165, 1.54) is 42.6 Å². The van der Waals surface area contributed by atoms with Crippen molar-refractivity contribution in [2.75, 3.05) is 6.54 Å². The molecule has 0 bridgehead atoms. The molecule has 0 amide bonds. The first-order valence-corrected chi connectivity index (χ1v) is 7.32. The molecule has 1 aromatic heterocycles. The molecule has 18 heavy (non-hydrogen) atoms. The summed E-state index contributed by atoms with van der Waals surface area (Å²) in [6.07, 6.45) is 6.27. The second-order valence-electron chi connectivity index (χ2n) is 5.21. The average molecular weight is 251 g/mol. The number of nitrogens with one attached hydrogen (secondary N) is 1. The molecule has 0 fully saturated rings. The highest BCUT2D eigenvalue weighted by molar-refractivity contribution is 5.24. The molecule has 0 aromatic carbocycles. The molecule has 1 unspecified atom stereocenters. The monoisotopic (exact) mass is 251 g/mol. The molecule has 0 saturated heterocycles.